The van der Waals surface area contributed by atoms with Gasteiger partial charge in [0.05, 0.1) is 28.8 Å². The van der Waals surface area contributed by atoms with Crippen LogP contribution in [0.4, 0.5) is 5.95 Å². The van der Waals surface area contributed by atoms with Crippen molar-refractivity contribution >= 4 is 39.2 Å². The van der Waals surface area contributed by atoms with Gasteiger partial charge in [0.2, 0.25) is 16.0 Å². The number of benzene rings is 2. The third kappa shape index (κ3) is 6.16. The normalized spacial score (nSPS) is 14.2. The maximum Gasteiger partial charge on any atom is 0.225 e. The largest absolute Gasteiger partial charge is 0.489 e. The van der Waals surface area contributed by atoms with Gasteiger partial charge >= 0.3 is 0 Å². The number of aromatic nitrogens is 2. The molecule has 0 bridgehead atoms. The number of nitrogens with zero attached hydrogens (tertiary/aromatic N) is 4. The number of nitrogens with one attached hydrogen (secondary N) is 1. The minimum atomic E-state index is -3.22. The van der Waals surface area contributed by atoms with Crippen molar-refractivity contribution in [2.75, 3.05) is 36.7 Å². The van der Waals surface area contributed by atoms with Crippen molar-refractivity contribution in [2.24, 2.45) is 0 Å². The van der Waals surface area contributed by atoms with Gasteiger partial charge in [-0.25, -0.2) is 23.1 Å². The van der Waals surface area contributed by atoms with Crippen LogP contribution in [0.3, 0.4) is 0 Å². The highest BCUT2D eigenvalue weighted by Crippen LogP contribution is 2.38. The van der Waals surface area contributed by atoms with Crippen LogP contribution in [0.25, 0.3) is 11.1 Å². The van der Waals surface area contributed by atoms with Crippen molar-refractivity contribution in [1.82, 2.24) is 14.7 Å². The van der Waals surface area contributed by atoms with Crippen LogP contribution < -0.4 is 14.4 Å². The molecule has 0 unspecified atom stereocenters. The highest BCUT2D eigenvalue weighted by molar-refractivity contribution is 7.88. The Morgan fingerprint density at radius 2 is 1.78 bits per heavy atom. The van der Waals surface area contributed by atoms with Crippen LogP contribution in [0.15, 0.2) is 48.8 Å². The molecular formula is C26H27Cl2N5O3S. The molecule has 1 saturated heterocycles. The van der Waals surface area contributed by atoms with Crippen LogP contribution in [0.1, 0.15) is 30.5 Å². The molecule has 1 aliphatic rings. The Labute approximate surface area is 227 Å². The van der Waals surface area contributed by atoms with E-state index in [0.717, 1.165) is 28.5 Å². The van der Waals surface area contributed by atoms with E-state index >= 15 is 0 Å². The van der Waals surface area contributed by atoms with Gasteiger partial charge in [0, 0.05) is 36.5 Å². The highest BCUT2D eigenvalue weighted by Gasteiger charge is 2.31. The Bertz CT molecular complexity index is 1420. The quantitative estimate of drug-likeness (QED) is 0.388. The van der Waals surface area contributed by atoms with Crippen molar-refractivity contribution < 1.29 is 13.2 Å². The number of hydrogen-bond donors (Lipinski definition) is 1. The van der Waals surface area contributed by atoms with E-state index in [-0.39, 0.29) is 12.6 Å². The van der Waals surface area contributed by atoms with Crippen LogP contribution in [-0.2, 0) is 15.4 Å². The van der Waals surface area contributed by atoms with E-state index in [1.165, 1.54) is 0 Å². The van der Waals surface area contributed by atoms with Crippen LogP contribution in [-0.4, -0.2) is 56.3 Å². The molecule has 0 atom stereocenters. The van der Waals surface area contributed by atoms with E-state index in [1.54, 1.807) is 12.4 Å². The standard InChI is InChI=1S/C26H27Cl2N5O3S/c1-26(2,21-10-18(12-29)24(23(28)11-21)36-9-8-27)20-6-4-17(5-7-20)19-13-30-25(31-14-19)33-15-22(16-33)32-37(3,34)35/h4-7,10-11,13-14,22,32H,8-9,15-16H2,1-3H3. The predicted molar refractivity (Wildman–Crippen MR) is 146 cm³/mol. The topological polar surface area (TPSA) is 108 Å². The van der Waals surface area contributed by atoms with Gasteiger partial charge in [-0.05, 0) is 28.8 Å². The molecule has 3 aromatic rings. The summed E-state index contributed by atoms with van der Waals surface area (Å²) in [5.41, 5.74) is 3.73. The van der Waals surface area contributed by atoms with E-state index in [0.29, 0.717) is 41.3 Å². The predicted octanol–water partition coefficient (Wildman–Crippen LogP) is 4.35. The molecule has 0 radical (unpaired) electrons. The summed E-state index contributed by atoms with van der Waals surface area (Å²) in [5.74, 6) is 1.22. The lowest BCUT2D eigenvalue weighted by atomic mass is 9.77. The summed E-state index contributed by atoms with van der Waals surface area (Å²) in [6.45, 7) is 5.49. The number of hydrogen-bond acceptors (Lipinski definition) is 7. The highest BCUT2D eigenvalue weighted by atomic mass is 35.5. The lowest BCUT2D eigenvalue weighted by Crippen LogP contribution is -2.59. The van der Waals surface area contributed by atoms with Crippen molar-refractivity contribution in [2.45, 2.75) is 25.3 Å². The fraction of sp³-hybridized carbons (Fsp3) is 0.346. The average molecular weight is 561 g/mol. The summed E-state index contributed by atoms with van der Waals surface area (Å²) in [7, 11) is -3.22. The Kier molecular flexibility index (Phi) is 7.95. The summed E-state index contributed by atoms with van der Waals surface area (Å²) in [5, 5.41) is 10.0. The molecule has 8 nitrogen and oxygen atoms in total. The third-order valence-electron chi connectivity index (χ3n) is 6.33. The molecule has 0 saturated carbocycles. The number of sulfonamides is 1. The molecule has 2 heterocycles. The molecule has 37 heavy (non-hydrogen) atoms. The Hall–Kier alpha value is -2.90. The van der Waals surface area contributed by atoms with Gasteiger partial charge in [-0.3, -0.25) is 0 Å². The molecule has 0 amide bonds. The number of alkyl halides is 1. The van der Waals surface area contributed by atoms with Gasteiger partial charge in [0.15, 0.2) is 5.75 Å². The molecule has 194 valence electrons. The summed E-state index contributed by atoms with van der Waals surface area (Å²) in [4.78, 5) is 10.8. The van der Waals surface area contributed by atoms with Crippen LogP contribution >= 0.6 is 23.2 Å². The molecule has 11 heteroatoms. The number of anilines is 1. The molecule has 1 fully saturated rings. The second-order valence-electron chi connectivity index (χ2n) is 9.45. The van der Waals surface area contributed by atoms with E-state index in [9.17, 15) is 13.7 Å². The first kappa shape index (κ1) is 27.1. The zero-order valence-corrected chi connectivity index (χ0v) is 23.0. The molecule has 1 aliphatic heterocycles. The molecule has 1 N–H and O–H groups in total. The lowest BCUT2D eigenvalue weighted by Gasteiger charge is -2.38. The van der Waals surface area contributed by atoms with Gasteiger partial charge in [-0.15, -0.1) is 11.6 Å². The Balaban J connectivity index is 1.49. The monoisotopic (exact) mass is 559 g/mol. The van der Waals surface area contributed by atoms with Crippen molar-refractivity contribution in [3.05, 3.63) is 70.5 Å². The molecule has 0 spiro atoms. The van der Waals surface area contributed by atoms with Gasteiger partial charge in [0.25, 0.3) is 0 Å². The van der Waals surface area contributed by atoms with Crippen molar-refractivity contribution in [1.29, 1.82) is 5.26 Å². The van der Waals surface area contributed by atoms with E-state index in [2.05, 4.69) is 34.6 Å². The third-order valence-corrected chi connectivity index (χ3v) is 7.53. The number of ether oxygens (including phenoxy) is 1. The molecular weight excluding hydrogens is 533 g/mol. The maximum atomic E-state index is 11.3. The summed E-state index contributed by atoms with van der Waals surface area (Å²) in [6, 6.07) is 13.8. The zero-order valence-electron chi connectivity index (χ0n) is 20.7. The lowest BCUT2D eigenvalue weighted by molar-refractivity contribution is 0.341. The molecule has 2 aromatic carbocycles. The second-order valence-corrected chi connectivity index (χ2v) is 12.0. The van der Waals surface area contributed by atoms with Crippen LogP contribution in [0.2, 0.25) is 5.02 Å². The fourth-order valence-corrected chi connectivity index (χ4v) is 5.33. The molecule has 4 rings (SSSR count). The van der Waals surface area contributed by atoms with E-state index in [4.69, 9.17) is 27.9 Å². The number of rotatable bonds is 9. The fourth-order valence-electron chi connectivity index (χ4n) is 4.22. The first-order chi connectivity index (χ1) is 17.5. The first-order valence-electron chi connectivity index (χ1n) is 11.6. The van der Waals surface area contributed by atoms with E-state index in [1.807, 2.05) is 41.3 Å². The maximum absolute atomic E-state index is 11.3. The van der Waals surface area contributed by atoms with Crippen LogP contribution in [0.5, 0.6) is 5.75 Å². The van der Waals surface area contributed by atoms with Gasteiger partial charge in [-0.2, -0.15) is 5.26 Å². The number of nitriles is 1. The van der Waals surface area contributed by atoms with Crippen LogP contribution in [0, 0.1) is 11.3 Å². The smallest absolute Gasteiger partial charge is 0.225 e. The van der Waals surface area contributed by atoms with Crippen molar-refractivity contribution in [3.63, 3.8) is 0 Å². The van der Waals surface area contributed by atoms with E-state index < -0.39 is 15.4 Å². The summed E-state index contributed by atoms with van der Waals surface area (Å²) >= 11 is 12.2. The Morgan fingerprint density at radius 1 is 1.14 bits per heavy atom. The summed E-state index contributed by atoms with van der Waals surface area (Å²) < 4.78 is 30.9. The minimum absolute atomic E-state index is 0.123. The minimum Gasteiger partial charge on any atom is -0.489 e. The van der Waals surface area contributed by atoms with Gasteiger partial charge in [-0.1, -0.05) is 49.7 Å². The van der Waals surface area contributed by atoms with Gasteiger partial charge < -0.3 is 9.64 Å². The zero-order chi connectivity index (χ0) is 26.8. The van der Waals surface area contributed by atoms with Gasteiger partial charge in [0.1, 0.15) is 12.7 Å². The number of halogens is 2. The Morgan fingerprint density at radius 3 is 2.35 bits per heavy atom. The average Bonchev–Trinajstić information content (AvgIpc) is 2.84. The molecule has 1 aromatic heterocycles. The molecule has 0 aliphatic carbocycles. The summed E-state index contributed by atoms with van der Waals surface area (Å²) in [6.07, 6.45) is 4.68. The van der Waals surface area contributed by atoms with Crippen molar-refractivity contribution in [3.8, 4) is 22.9 Å². The second kappa shape index (κ2) is 10.8. The SMILES string of the molecule is CC(C)(c1ccc(-c2cnc(N3CC(NS(C)(=O)=O)C3)nc2)cc1)c1cc(Cl)c(OCCCl)c(C#N)c1. The first-order valence-corrected chi connectivity index (χ1v) is 14.4.